The fourth-order valence-electron chi connectivity index (χ4n) is 1.47. The van der Waals surface area contributed by atoms with Crippen LogP contribution in [0.5, 0.6) is 5.75 Å². The molecule has 0 aliphatic rings. The molecular formula is C14H14N2O. The number of rotatable bonds is 2. The Morgan fingerprint density at radius 1 is 0.882 bits per heavy atom. The van der Waals surface area contributed by atoms with Crippen molar-refractivity contribution in [2.24, 2.45) is 10.2 Å². The van der Waals surface area contributed by atoms with E-state index >= 15 is 0 Å². The Hall–Kier alpha value is -2.16. The van der Waals surface area contributed by atoms with Crippen molar-refractivity contribution >= 4 is 11.4 Å². The highest BCUT2D eigenvalue weighted by atomic mass is 16.3. The molecule has 2 rings (SSSR count). The normalized spacial score (nSPS) is 10.9. The molecule has 0 aliphatic carbocycles. The van der Waals surface area contributed by atoms with E-state index in [2.05, 4.69) is 10.2 Å². The van der Waals surface area contributed by atoms with Gasteiger partial charge in [0.1, 0.15) is 5.75 Å². The summed E-state index contributed by atoms with van der Waals surface area (Å²) in [4.78, 5) is 0. The van der Waals surface area contributed by atoms with Gasteiger partial charge in [-0.05, 0) is 49.7 Å². The average Bonchev–Trinajstić information content (AvgIpc) is 2.30. The molecule has 0 radical (unpaired) electrons. The zero-order chi connectivity index (χ0) is 12.3. The summed E-state index contributed by atoms with van der Waals surface area (Å²) in [6.45, 7) is 3.92. The smallest absolute Gasteiger partial charge is 0.115 e. The number of phenolic OH excluding ortho intramolecular Hbond substituents is 1. The van der Waals surface area contributed by atoms with Gasteiger partial charge in [-0.1, -0.05) is 17.7 Å². The first-order chi connectivity index (χ1) is 8.15. The van der Waals surface area contributed by atoms with E-state index in [4.69, 9.17) is 0 Å². The second kappa shape index (κ2) is 4.78. The number of benzene rings is 2. The Morgan fingerprint density at radius 2 is 1.59 bits per heavy atom. The van der Waals surface area contributed by atoms with Crippen LogP contribution in [0.1, 0.15) is 11.1 Å². The van der Waals surface area contributed by atoms with Crippen LogP contribution in [0.15, 0.2) is 52.7 Å². The Balaban J connectivity index is 2.23. The topological polar surface area (TPSA) is 45.0 Å². The van der Waals surface area contributed by atoms with E-state index < -0.39 is 0 Å². The molecule has 3 heteroatoms. The first-order valence-electron chi connectivity index (χ1n) is 5.43. The quantitative estimate of drug-likeness (QED) is 0.756. The lowest BCUT2D eigenvalue weighted by atomic mass is 10.2. The van der Waals surface area contributed by atoms with E-state index in [0.717, 1.165) is 16.9 Å². The summed E-state index contributed by atoms with van der Waals surface area (Å²) in [6, 6.07) is 12.9. The van der Waals surface area contributed by atoms with Crippen molar-refractivity contribution in [3.05, 3.63) is 53.6 Å². The molecule has 0 amide bonds. The number of hydrogen-bond acceptors (Lipinski definition) is 3. The lowest BCUT2D eigenvalue weighted by Gasteiger charge is -1.99. The molecule has 3 nitrogen and oxygen atoms in total. The van der Waals surface area contributed by atoms with Crippen LogP contribution in [0.2, 0.25) is 0 Å². The number of azo groups is 1. The Labute approximate surface area is 100 Å². The molecule has 0 aromatic heterocycles. The molecule has 2 aromatic rings. The molecule has 0 spiro atoms. The van der Waals surface area contributed by atoms with E-state index in [0.29, 0.717) is 0 Å². The zero-order valence-electron chi connectivity index (χ0n) is 9.88. The first kappa shape index (κ1) is 11.3. The van der Waals surface area contributed by atoms with Gasteiger partial charge in [0, 0.05) is 0 Å². The highest BCUT2D eigenvalue weighted by molar-refractivity contribution is 5.49. The lowest BCUT2D eigenvalue weighted by Crippen LogP contribution is -1.73. The van der Waals surface area contributed by atoms with Crippen molar-refractivity contribution in [3.63, 3.8) is 0 Å². The SMILES string of the molecule is Cc1ccc(N=Nc2ccc(O)cc2C)cc1. The zero-order valence-corrected chi connectivity index (χ0v) is 9.88. The molecule has 2 aromatic carbocycles. The molecular weight excluding hydrogens is 212 g/mol. The monoisotopic (exact) mass is 226 g/mol. The summed E-state index contributed by atoms with van der Waals surface area (Å²) in [7, 11) is 0. The molecule has 0 fully saturated rings. The second-order valence-corrected chi connectivity index (χ2v) is 4.01. The van der Waals surface area contributed by atoms with Crippen LogP contribution in [0.3, 0.4) is 0 Å². The minimum absolute atomic E-state index is 0.247. The molecule has 0 unspecified atom stereocenters. The van der Waals surface area contributed by atoms with E-state index in [1.54, 1.807) is 18.2 Å². The fourth-order valence-corrected chi connectivity index (χ4v) is 1.47. The van der Waals surface area contributed by atoms with Crippen LogP contribution in [0.25, 0.3) is 0 Å². The van der Waals surface area contributed by atoms with Crippen LogP contribution in [0.4, 0.5) is 11.4 Å². The predicted octanol–water partition coefficient (Wildman–Crippen LogP) is 4.42. The molecule has 0 heterocycles. The van der Waals surface area contributed by atoms with Gasteiger partial charge in [-0.15, -0.1) is 0 Å². The van der Waals surface area contributed by atoms with E-state index in [-0.39, 0.29) is 5.75 Å². The Bertz CT molecular complexity index is 545. The molecule has 17 heavy (non-hydrogen) atoms. The van der Waals surface area contributed by atoms with Gasteiger partial charge in [-0.2, -0.15) is 10.2 Å². The highest BCUT2D eigenvalue weighted by Gasteiger charge is 1.97. The minimum Gasteiger partial charge on any atom is -0.508 e. The van der Waals surface area contributed by atoms with Crippen LogP contribution < -0.4 is 0 Å². The van der Waals surface area contributed by atoms with Gasteiger partial charge < -0.3 is 5.11 Å². The summed E-state index contributed by atoms with van der Waals surface area (Å²) >= 11 is 0. The summed E-state index contributed by atoms with van der Waals surface area (Å²) in [5, 5.41) is 17.6. The van der Waals surface area contributed by atoms with Crippen molar-refractivity contribution in [1.29, 1.82) is 0 Å². The van der Waals surface area contributed by atoms with Crippen LogP contribution in [0, 0.1) is 13.8 Å². The number of hydrogen-bond donors (Lipinski definition) is 1. The average molecular weight is 226 g/mol. The third-order valence-electron chi connectivity index (χ3n) is 2.49. The first-order valence-corrected chi connectivity index (χ1v) is 5.43. The third kappa shape index (κ3) is 2.91. The maximum Gasteiger partial charge on any atom is 0.115 e. The largest absolute Gasteiger partial charge is 0.508 e. The van der Waals surface area contributed by atoms with E-state index in [1.165, 1.54) is 5.56 Å². The predicted molar refractivity (Wildman–Crippen MR) is 68.2 cm³/mol. The Morgan fingerprint density at radius 3 is 2.24 bits per heavy atom. The van der Waals surface area contributed by atoms with Crippen LogP contribution >= 0.6 is 0 Å². The van der Waals surface area contributed by atoms with Gasteiger partial charge in [-0.25, -0.2) is 0 Å². The molecule has 1 N–H and O–H groups in total. The number of phenols is 1. The summed E-state index contributed by atoms with van der Waals surface area (Å²) < 4.78 is 0. The van der Waals surface area contributed by atoms with E-state index in [9.17, 15) is 5.11 Å². The summed E-state index contributed by atoms with van der Waals surface area (Å²) in [5.41, 5.74) is 3.69. The molecule has 0 saturated carbocycles. The lowest BCUT2D eigenvalue weighted by molar-refractivity contribution is 0.475. The summed E-state index contributed by atoms with van der Waals surface area (Å²) in [6.07, 6.45) is 0. The number of aryl methyl sites for hydroxylation is 2. The number of nitrogens with zero attached hydrogens (tertiary/aromatic N) is 2. The molecule has 0 aliphatic heterocycles. The van der Waals surface area contributed by atoms with Crippen LogP contribution in [-0.4, -0.2) is 5.11 Å². The van der Waals surface area contributed by atoms with Crippen molar-refractivity contribution in [3.8, 4) is 5.75 Å². The van der Waals surface area contributed by atoms with E-state index in [1.807, 2.05) is 38.1 Å². The highest BCUT2D eigenvalue weighted by Crippen LogP contribution is 2.25. The molecule has 86 valence electrons. The fraction of sp³-hybridized carbons (Fsp3) is 0.143. The number of aromatic hydroxyl groups is 1. The Kier molecular flexibility index (Phi) is 3.19. The maximum absolute atomic E-state index is 9.28. The van der Waals surface area contributed by atoms with Crippen LogP contribution in [-0.2, 0) is 0 Å². The van der Waals surface area contributed by atoms with Gasteiger partial charge in [0.05, 0.1) is 11.4 Å². The van der Waals surface area contributed by atoms with Gasteiger partial charge in [0.25, 0.3) is 0 Å². The molecule has 0 bridgehead atoms. The standard InChI is InChI=1S/C14H14N2O/c1-10-3-5-12(6-4-10)15-16-14-8-7-13(17)9-11(14)2/h3-9,17H,1-2H3. The van der Waals surface area contributed by atoms with Gasteiger partial charge in [0.15, 0.2) is 0 Å². The van der Waals surface area contributed by atoms with Crippen molar-refractivity contribution in [2.75, 3.05) is 0 Å². The second-order valence-electron chi connectivity index (χ2n) is 4.01. The van der Waals surface area contributed by atoms with Crippen molar-refractivity contribution in [1.82, 2.24) is 0 Å². The summed E-state index contributed by atoms with van der Waals surface area (Å²) in [5.74, 6) is 0.247. The maximum atomic E-state index is 9.28. The van der Waals surface area contributed by atoms with Gasteiger partial charge in [-0.3, -0.25) is 0 Å². The van der Waals surface area contributed by atoms with Gasteiger partial charge >= 0.3 is 0 Å². The minimum atomic E-state index is 0.247. The molecule has 0 saturated heterocycles. The van der Waals surface area contributed by atoms with Gasteiger partial charge in [0.2, 0.25) is 0 Å². The van der Waals surface area contributed by atoms with Crippen molar-refractivity contribution in [2.45, 2.75) is 13.8 Å². The van der Waals surface area contributed by atoms with Crippen molar-refractivity contribution < 1.29 is 5.11 Å². The third-order valence-corrected chi connectivity index (χ3v) is 2.49. The molecule has 0 atom stereocenters.